The number of hydrogen-bond donors (Lipinski definition) is 2. The zero-order chi connectivity index (χ0) is 12.1. The number of nitro benzene ring substituents is 1. The van der Waals surface area contributed by atoms with Gasteiger partial charge in [-0.3, -0.25) is 20.2 Å². The maximum absolute atomic E-state index is 10.9. The van der Waals surface area contributed by atoms with Crippen molar-refractivity contribution in [3.8, 4) is 0 Å². The highest BCUT2D eigenvalue weighted by Gasteiger charge is 2.10. The highest BCUT2D eigenvalue weighted by molar-refractivity contribution is 6.34. The second-order valence-corrected chi connectivity index (χ2v) is 3.04. The van der Waals surface area contributed by atoms with Crippen LogP contribution in [0.15, 0.2) is 18.2 Å². The third-order valence-electron chi connectivity index (χ3n) is 1.60. The van der Waals surface area contributed by atoms with Crippen molar-refractivity contribution in [1.29, 1.82) is 0 Å². The summed E-state index contributed by atoms with van der Waals surface area (Å²) < 4.78 is 0. The zero-order valence-corrected chi connectivity index (χ0v) is 8.52. The monoisotopic (exact) mass is 243 g/mol. The topological polar surface area (TPSA) is 101 Å². The number of urea groups is 1. The van der Waals surface area contributed by atoms with Crippen molar-refractivity contribution in [2.45, 2.75) is 0 Å². The number of nitrogens with one attached hydrogen (secondary N) is 2. The minimum Gasteiger partial charge on any atom is -0.306 e. The van der Waals surface area contributed by atoms with Crippen LogP contribution in [0.4, 0.5) is 16.2 Å². The molecule has 0 spiro atoms. The van der Waals surface area contributed by atoms with Gasteiger partial charge >= 0.3 is 6.03 Å². The number of benzene rings is 1. The van der Waals surface area contributed by atoms with Crippen LogP contribution in [0.25, 0.3) is 0 Å². The molecule has 84 valence electrons. The van der Waals surface area contributed by atoms with Crippen molar-refractivity contribution in [1.82, 2.24) is 5.32 Å². The quantitative estimate of drug-likeness (QED) is 0.477. The van der Waals surface area contributed by atoms with Crippen molar-refractivity contribution in [3.63, 3.8) is 0 Å². The SMILES string of the molecule is O=CNC(=O)Nc1ccc([N+](=O)[O-])cc1Cl. The molecule has 0 unspecified atom stereocenters. The van der Waals surface area contributed by atoms with Gasteiger partial charge in [-0.1, -0.05) is 11.6 Å². The molecule has 16 heavy (non-hydrogen) atoms. The Morgan fingerprint density at radius 1 is 1.50 bits per heavy atom. The number of carbonyl (C=O) groups excluding carboxylic acids is 2. The minimum atomic E-state index is -0.772. The normalized spacial score (nSPS) is 9.31. The van der Waals surface area contributed by atoms with E-state index in [0.29, 0.717) is 0 Å². The predicted octanol–water partition coefficient (Wildman–Crippen LogP) is 1.53. The van der Waals surface area contributed by atoms with Crippen LogP contribution in [-0.4, -0.2) is 17.4 Å². The largest absolute Gasteiger partial charge is 0.325 e. The Kier molecular flexibility index (Phi) is 3.78. The molecule has 7 nitrogen and oxygen atoms in total. The van der Waals surface area contributed by atoms with Gasteiger partial charge in [0.15, 0.2) is 0 Å². The molecule has 0 aromatic heterocycles. The number of imide groups is 1. The Bertz CT molecular complexity index is 449. The summed E-state index contributed by atoms with van der Waals surface area (Å²) in [7, 11) is 0. The Morgan fingerprint density at radius 2 is 2.19 bits per heavy atom. The highest BCUT2D eigenvalue weighted by atomic mass is 35.5. The molecule has 0 fully saturated rings. The van der Waals surface area contributed by atoms with E-state index >= 15 is 0 Å². The van der Waals surface area contributed by atoms with E-state index < -0.39 is 11.0 Å². The zero-order valence-electron chi connectivity index (χ0n) is 7.77. The van der Waals surface area contributed by atoms with E-state index in [9.17, 15) is 19.7 Å². The van der Waals surface area contributed by atoms with Gasteiger partial charge in [-0.15, -0.1) is 0 Å². The van der Waals surface area contributed by atoms with Gasteiger partial charge in [-0.25, -0.2) is 4.79 Å². The Balaban J connectivity index is 2.87. The summed E-state index contributed by atoms with van der Waals surface area (Å²) in [6.07, 6.45) is 0.203. The van der Waals surface area contributed by atoms with Crippen LogP contribution < -0.4 is 10.6 Å². The Labute approximate surface area is 94.5 Å². The second kappa shape index (κ2) is 5.08. The van der Waals surface area contributed by atoms with Crippen LogP contribution in [0.5, 0.6) is 0 Å². The van der Waals surface area contributed by atoms with Crippen LogP contribution in [0.2, 0.25) is 5.02 Å². The lowest BCUT2D eigenvalue weighted by Crippen LogP contribution is -2.27. The summed E-state index contributed by atoms with van der Waals surface area (Å²) in [5.74, 6) is 0. The molecular formula is C8H6ClN3O4. The van der Waals surface area contributed by atoms with E-state index in [1.807, 2.05) is 5.32 Å². The summed E-state index contributed by atoms with van der Waals surface area (Å²) in [4.78, 5) is 30.7. The highest BCUT2D eigenvalue weighted by Crippen LogP contribution is 2.26. The first-order valence-corrected chi connectivity index (χ1v) is 4.37. The summed E-state index contributed by atoms with van der Waals surface area (Å²) in [5, 5.41) is 14.5. The molecule has 0 heterocycles. The van der Waals surface area contributed by atoms with Crippen molar-refractivity contribution < 1.29 is 14.5 Å². The molecule has 0 aliphatic carbocycles. The first kappa shape index (κ1) is 11.9. The number of amides is 3. The first-order chi connectivity index (χ1) is 7.54. The number of rotatable bonds is 3. The fourth-order valence-electron chi connectivity index (χ4n) is 0.931. The molecule has 1 aromatic rings. The van der Waals surface area contributed by atoms with E-state index in [1.165, 1.54) is 12.1 Å². The lowest BCUT2D eigenvalue weighted by Gasteiger charge is -2.05. The number of halogens is 1. The van der Waals surface area contributed by atoms with Gasteiger partial charge in [0.1, 0.15) is 0 Å². The minimum absolute atomic E-state index is 0.00949. The van der Waals surface area contributed by atoms with Gasteiger partial charge in [0.2, 0.25) is 6.41 Å². The summed E-state index contributed by atoms with van der Waals surface area (Å²) in [5.41, 5.74) is -0.0158. The van der Waals surface area contributed by atoms with Crippen LogP contribution in [0, 0.1) is 10.1 Å². The Morgan fingerprint density at radius 3 is 2.69 bits per heavy atom. The molecular weight excluding hydrogens is 238 g/mol. The summed E-state index contributed by atoms with van der Waals surface area (Å²) in [6, 6.07) is 2.77. The maximum Gasteiger partial charge on any atom is 0.325 e. The molecule has 0 radical (unpaired) electrons. The third-order valence-corrected chi connectivity index (χ3v) is 1.91. The van der Waals surface area contributed by atoms with E-state index in [1.54, 1.807) is 0 Å². The number of non-ortho nitro benzene ring substituents is 1. The van der Waals surface area contributed by atoms with E-state index in [-0.39, 0.29) is 22.8 Å². The van der Waals surface area contributed by atoms with Crippen molar-refractivity contribution in [3.05, 3.63) is 33.3 Å². The van der Waals surface area contributed by atoms with Crippen LogP contribution in [0.1, 0.15) is 0 Å². The molecule has 2 N–H and O–H groups in total. The second-order valence-electron chi connectivity index (χ2n) is 2.64. The van der Waals surface area contributed by atoms with Crippen molar-refractivity contribution in [2.24, 2.45) is 0 Å². The fraction of sp³-hybridized carbons (Fsp3) is 0. The van der Waals surface area contributed by atoms with Gasteiger partial charge in [0.05, 0.1) is 15.6 Å². The smallest absolute Gasteiger partial charge is 0.306 e. The van der Waals surface area contributed by atoms with Gasteiger partial charge in [-0.05, 0) is 6.07 Å². The van der Waals surface area contributed by atoms with Crippen LogP contribution in [0.3, 0.4) is 0 Å². The first-order valence-electron chi connectivity index (χ1n) is 3.99. The van der Waals surface area contributed by atoms with E-state index in [4.69, 9.17) is 11.6 Å². The molecule has 0 saturated carbocycles. The van der Waals surface area contributed by atoms with E-state index in [2.05, 4.69) is 5.32 Å². The summed E-state index contributed by atoms with van der Waals surface area (Å²) in [6.45, 7) is 0. The predicted molar refractivity (Wildman–Crippen MR) is 56.3 cm³/mol. The lowest BCUT2D eigenvalue weighted by atomic mass is 10.3. The van der Waals surface area contributed by atoms with E-state index in [0.717, 1.165) is 6.07 Å². The van der Waals surface area contributed by atoms with Crippen LogP contribution in [-0.2, 0) is 4.79 Å². The number of carbonyl (C=O) groups is 2. The van der Waals surface area contributed by atoms with Crippen LogP contribution >= 0.6 is 11.6 Å². The van der Waals surface area contributed by atoms with Gasteiger partial charge in [0.25, 0.3) is 5.69 Å². The molecule has 0 saturated heterocycles. The average molecular weight is 244 g/mol. The number of nitrogens with zero attached hydrogens (tertiary/aromatic N) is 1. The number of nitro groups is 1. The van der Waals surface area contributed by atoms with Gasteiger partial charge in [0, 0.05) is 12.1 Å². The molecule has 0 atom stereocenters. The molecule has 8 heteroatoms. The average Bonchev–Trinajstić information content (AvgIpc) is 2.21. The maximum atomic E-state index is 10.9. The molecule has 1 rings (SSSR count). The summed E-state index contributed by atoms with van der Waals surface area (Å²) >= 11 is 5.68. The standard InChI is InChI=1S/C8H6ClN3O4/c9-6-3-5(12(15)16)1-2-7(6)11-8(14)10-4-13/h1-4H,(H2,10,11,13,14). The molecule has 0 bridgehead atoms. The van der Waals surface area contributed by atoms with Gasteiger partial charge in [-0.2, -0.15) is 0 Å². The molecule has 0 aliphatic heterocycles. The number of anilines is 1. The fourth-order valence-corrected chi connectivity index (χ4v) is 1.15. The van der Waals surface area contributed by atoms with Crippen molar-refractivity contribution in [2.75, 3.05) is 5.32 Å². The third kappa shape index (κ3) is 2.92. The molecule has 3 amide bonds. The molecule has 0 aliphatic rings. The lowest BCUT2D eigenvalue weighted by molar-refractivity contribution is -0.384. The molecule has 1 aromatic carbocycles. The Hall–Kier alpha value is -2.15. The van der Waals surface area contributed by atoms with Crippen molar-refractivity contribution >= 4 is 35.4 Å². The van der Waals surface area contributed by atoms with Gasteiger partial charge < -0.3 is 5.32 Å². The number of hydrogen-bond acceptors (Lipinski definition) is 4.